The Kier molecular flexibility index (Phi) is 3.04. The van der Waals surface area contributed by atoms with Crippen molar-refractivity contribution in [1.82, 2.24) is 4.90 Å². The third kappa shape index (κ3) is 1.78. The number of amides is 1. The van der Waals surface area contributed by atoms with E-state index in [9.17, 15) is 4.79 Å². The van der Waals surface area contributed by atoms with E-state index >= 15 is 0 Å². The zero-order valence-electron chi connectivity index (χ0n) is 7.70. The molecular formula is C9H10ClNOS2. The Balaban J connectivity index is 2.22. The van der Waals surface area contributed by atoms with Crippen molar-refractivity contribution in [3.63, 3.8) is 0 Å². The number of thiophene rings is 1. The summed E-state index contributed by atoms with van der Waals surface area (Å²) in [5, 5.41) is 0.185. The van der Waals surface area contributed by atoms with Gasteiger partial charge in [0.2, 0.25) is 5.91 Å². The standard InChI is InChI=1S/C9H10ClNOS2/c1-2-11-8(12)5-13-9(11)6-3-4-7(10)14-6/h3-4,9H,2,5H2,1H3. The van der Waals surface area contributed by atoms with Crippen LogP contribution in [0.2, 0.25) is 4.34 Å². The Morgan fingerprint density at radius 1 is 1.64 bits per heavy atom. The molecular weight excluding hydrogens is 238 g/mol. The van der Waals surface area contributed by atoms with Gasteiger partial charge >= 0.3 is 0 Å². The van der Waals surface area contributed by atoms with Gasteiger partial charge in [-0.3, -0.25) is 4.79 Å². The third-order valence-electron chi connectivity index (χ3n) is 2.15. The van der Waals surface area contributed by atoms with E-state index < -0.39 is 0 Å². The molecule has 2 heterocycles. The normalized spacial score (nSPS) is 22.0. The zero-order valence-corrected chi connectivity index (χ0v) is 10.1. The molecule has 0 radical (unpaired) electrons. The van der Waals surface area contributed by atoms with Crippen molar-refractivity contribution in [1.29, 1.82) is 0 Å². The van der Waals surface area contributed by atoms with Crippen molar-refractivity contribution in [3.8, 4) is 0 Å². The van der Waals surface area contributed by atoms with Crippen molar-refractivity contribution < 1.29 is 4.79 Å². The molecule has 1 amide bonds. The number of nitrogens with zero attached hydrogens (tertiary/aromatic N) is 1. The average Bonchev–Trinajstić information content (AvgIpc) is 2.71. The molecule has 0 bridgehead atoms. The number of carbonyl (C=O) groups excluding carboxylic acids is 1. The Morgan fingerprint density at radius 2 is 2.43 bits per heavy atom. The van der Waals surface area contributed by atoms with Crippen LogP contribution in [-0.4, -0.2) is 23.1 Å². The summed E-state index contributed by atoms with van der Waals surface area (Å²) in [7, 11) is 0. The van der Waals surface area contributed by atoms with E-state index in [1.807, 2.05) is 24.0 Å². The molecule has 14 heavy (non-hydrogen) atoms. The third-order valence-corrected chi connectivity index (χ3v) is 4.82. The molecule has 0 saturated carbocycles. The molecule has 2 nitrogen and oxygen atoms in total. The predicted octanol–water partition coefficient (Wildman–Crippen LogP) is 3.00. The number of halogens is 1. The molecule has 0 spiro atoms. The summed E-state index contributed by atoms with van der Waals surface area (Å²) >= 11 is 9.11. The minimum atomic E-state index is 0.185. The van der Waals surface area contributed by atoms with Crippen LogP contribution in [0.1, 0.15) is 17.2 Å². The fourth-order valence-corrected chi connectivity index (χ4v) is 4.05. The Hall–Kier alpha value is -0.190. The van der Waals surface area contributed by atoms with Crippen LogP contribution < -0.4 is 0 Å². The highest BCUT2D eigenvalue weighted by atomic mass is 35.5. The van der Waals surface area contributed by atoms with Crippen LogP contribution in [0, 0.1) is 0 Å². The molecule has 1 aliphatic heterocycles. The minimum absolute atomic E-state index is 0.185. The van der Waals surface area contributed by atoms with Crippen molar-refractivity contribution in [2.45, 2.75) is 12.3 Å². The first-order valence-corrected chi connectivity index (χ1v) is 6.63. The second kappa shape index (κ2) is 4.13. The maximum absolute atomic E-state index is 11.5. The first-order valence-electron chi connectivity index (χ1n) is 4.38. The summed E-state index contributed by atoms with van der Waals surface area (Å²) in [5.74, 6) is 0.820. The molecule has 1 aliphatic rings. The molecule has 1 fully saturated rings. The summed E-state index contributed by atoms with van der Waals surface area (Å²) in [4.78, 5) is 14.5. The largest absolute Gasteiger partial charge is 0.325 e. The van der Waals surface area contributed by atoms with Gasteiger partial charge in [0.05, 0.1) is 10.1 Å². The lowest BCUT2D eigenvalue weighted by Crippen LogP contribution is -2.27. The van der Waals surface area contributed by atoms with Gasteiger partial charge in [-0.1, -0.05) is 11.6 Å². The van der Waals surface area contributed by atoms with Crippen molar-refractivity contribution in [3.05, 3.63) is 21.3 Å². The Labute approximate surface area is 96.2 Å². The fraction of sp³-hybridized carbons (Fsp3) is 0.444. The number of hydrogen-bond acceptors (Lipinski definition) is 3. The summed E-state index contributed by atoms with van der Waals surface area (Å²) < 4.78 is 0.788. The molecule has 0 aliphatic carbocycles. The van der Waals surface area contributed by atoms with E-state index in [1.54, 1.807) is 23.1 Å². The molecule has 1 aromatic heterocycles. The van der Waals surface area contributed by atoms with Crippen LogP contribution in [0.25, 0.3) is 0 Å². The van der Waals surface area contributed by atoms with Crippen LogP contribution in [0.5, 0.6) is 0 Å². The summed E-state index contributed by atoms with van der Waals surface area (Å²) in [5.41, 5.74) is 0. The maximum Gasteiger partial charge on any atom is 0.233 e. The molecule has 1 saturated heterocycles. The highest BCUT2D eigenvalue weighted by Crippen LogP contribution is 2.42. The van der Waals surface area contributed by atoms with Gasteiger partial charge in [0.1, 0.15) is 5.37 Å². The average molecular weight is 248 g/mol. The summed E-state index contributed by atoms with van der Waals surface area (Å²) in [6.45, 7) is 2.78. The number of thioether (sulfide) groups is 1. The molecule has 76 valence electrons. The predicted molar refractivity (Wildman–Crippen MR) is 61.9 cm³/mol. The lowest BCUT2D eigenvalue weighted by atomic mass is 10.4. The van der Waals surface area contributed by atoms with Crippen LogP contribution in [0.15, 0.2) is 12.1 Å². The molecule has 1 unspecified atom stereocenters. The maximum atomic E-state index is 11.5. The smallest absolute Gasteiger partial charge is 0.233 e. The van der Waals surface area contributed by atoms with Crippen LogP contribution >= 0.6 is 34.7 Å². The Bertz CT molecular complexity index is 352. The summed E-state index contributed by atoms with van der Waals surface area (Å²) in [6, 6.07) is 3.89. The van der Waals surface area contributed by atoms with Gasteiger partial charge in [-0.05, 0) is 19.1 Å². The van der Waals surface area contributed by atoms with E-state index in [0.29, 0.717) is 5.75 Å². The van der Waals surface area contributed by atoms with Crippen molar-refractivity contribution in [2.24, 2.45) is 0 Å². The van der Waals surface area contributed by atoms with E-state index in [2.05, 4.69) is 0 Å². The SMILES string of the molecule is CCN1C(=O)CSC1c1ccc(Cl)s1. The van der Waals surface area contributed by atoms with E-state index in [4.69, 9.17) is 11.6 Å². The second-order valence-corrected chi connectivity index (χ2v) is 5.80. The first-order chi connectivity index (χ1) is 6.72. The second-order valence-electron chi connectivity index (χ2n) is 2.98. The molecule has 2 rings (SSSR count). The number of rotatable bonds is 2. The molecule has 0 aromatic carbocycles. The first kappa shape index (κ1) is 10.3. The zero-order chi connectivity index (χ0) is 10.1. The highest BCUT2D eigenvalue weighted by Gasteiger charge is 2.32. The van der Waals surface area contributed by atoms with Gasteiger partial charge in [0, 0.05) is 11.4 Å². The van der Waals surface area contributed by atoms with Crippen LogP contribution in [0.4, 0.5) is 0 Å². The minimum Gasteiger partial charge on any atom is -0.325 e. The quantitative estimate of drug-likeness (QED) is 0.801. The van der Waals surface area contributed by atoms with Crippen LogP contribution in [0.3, 0.4) is 0 Å². The molecule has 1 aromatic rings. The molecule has 5 heteroatoms. The van der Waals surface area contributed by atoms with Crippen LogP contribution in [-0.2, 0) is 4.79 Å². The van der Waals surface area contributed by atoms with Crippen molar-refractivity contribution >= 4 is 40.6 Å². The van der Waals surface area contributed by atoms with Gasteiger partial charge in [0.15, 0.2) is 0 Å². The topological polar surface area (TPSA) is 20.3 Å². The van der Waals surface area contributed by atoms with Gasteiger partial charge < -0.3 is 4.90 Å². The number of hydrogen-bond donors (Lipinski definition) is 0. The summed E-state index contributed by atoms with van der Waals surface area (Å²) in [6.07, 6.45) is 0. The fourth-order valence-electron chi connectivity index (χ4n) is 1.49. The van der Waals surface area contributed by atoms with E-state index in [0.717, 1.165) is 10.9 Å². The van der Waals surface area contributed by atoms with Crippen molar-refractivity contribution in [2.75, 3.05) is 12.3 Å². The van der Waals surface area contributed by atoms with Gasteiger partial charge in [0.25, 0.3) is 0 Å². The highest BCUT2D eigenvalue weighted by molar-refractivity contribution is 8.00. The van der Waals surface area contributed by atoms with Gasteiger partial charge in [-0.25, -0.2) is 0 Å². The lowest BCUT2D eigenvalue weighted by molar-refractivity contribution is -0.127. The number of carbonyl (C=O) groups is 1. The van der Waals surface area contributed by atoms with E-state index in [1.165, 1.54) is 4.88 Å². The van der Waals surface area contributed by atoms with E-state index in [-0.39, 0.29) is 11.3 Å². The molecule has 0 N–H and O–H groups in total. The lowest BCUT2D eigenvalue weighted by Gasteiger charge is -2.20. The Morgan fingerprint density at radius 3 is 3.00 bits per heavy atom. The monoisotopic (exact) mass is 247 g/mol. The van der Waals surface area contributed by atoms with Gasteiger partial charge in [-0.2, -0.15) is 0 Å². The molecule has 1 atom stereocenters. The van der Waals surface area contributed by atoms with Gasteiger partial charge in [-0.15, -0.1) is 23.1 Å².